The number of unbranched alkanes of at least 4 members (excludes halogenated alkanes) is 1. The van der Waals surface area contributed by atoms with E-state index >= 15 is 0 Å². The normalized spacial score (nSPS) is 14.0. The fourth-order valence-corrected chi connectivity index (χ4v) is 2.53. The fraction of sp³-hybridized carbons (Fsp3) is 0.444. The summed E-state index contributed by atoms with van der Waals surface area (Å²) in [6.45, 7) is 3.63. The minimum absolute atomic E-state index is 0.0756. The minimum Gasteiger partial charge on any atom is -0.460 e. The maximum atomic E-state index is 12.5. The lowest BCUT2D eigenvalue weighted by Gasteiger charge is -2.20. The maximum Gasteiger partial charge on any atom is 0.375 e. The molecule has 1 aliphatic heterocycles. The number of carbonyl (C=O) groups excluding carboxylic acids is 3. The molecular formula is C18H21NO5. The van der Waals surface area contributed by atoms with E-state index in [2.05, 4.69) is 5.16 Å². The molecule has 6 nitrogen and oxygen atoms in total. The zero-order valence-corrected chi connectivity index (χ0v) is 13.9. The third-order valence-corrected chi connectivity index (χ3v) is 3.78. The number of hydrogen-bond donors (Lipinski definition) is 0. The van der Waals surface area contributed by atoms with Gasteiger partial charge in [0.15, 0.2) is 5.75 Å². The van der Waals surface area contributed by atoms with Gasteiger partial charge in [0.25, 0.3) is 5.78 Å². The van der Waals surface area contributed by atoms with Crippen LogP contribution >= 0.6 is 0 Å². The molecule has 6 heteroatoms. The number of nitrogens with zero attached hydrogens (tertiary/aromatic N) is 1. The van der Waals surface area contributed by atoms with Crippen LogP contribution in [0.3, 0.4) is 0 Å². The first-order chi connectivity index (χ1) is 11.6. The Hall–Kier alpha value is -2.50. The Morgan fingerprint density at radius 3 is 2.71 bits per heavy atom. The number of ether oxygens (including phenoxy) is 1. The molecule has 128 valence electrons. The van der Waals surface area contributed by atoms with Gasteiger partial charge in [0, 0.05) is 18.4 Å². The standard InChI is InChI=1S/C18H21NO5/c1-3-5-9-14(20)16(17(21)18(22)23-4-2)13-11-12-8-6-7-10-15(12)24-19-13/h6-8,10,16H,3-5,9,11H2,1-2H3. The highest BCUT2D eigenvalue weighted by Gasteiger charge is 2.38. The molecule has 0 aromatic heterocycles. The van der Waals surface area contributed by atoms with Gasteiger partial charge in [-0.3, -0.25) is 9.59 Å². The Balaban J connectivity index is 2.26. The van der Waals surface area contributed by atoms with Crippen molar-refractivity contribution in [1.82, 2.24) is 0 Å². The molecule has 0 N–H and O–H groups in total. The number of hydrogen-bond acceptors (Lipinski definition) is 6. The van der Waals surface area contributed by atoms with Crippen molar-refractivity contribution in [2.45, 2.75) is 39.5 Å². The van der Waals surface area contributed by atoms with E-state index in [0.29, 0.717) is 18.6 Å². The number of fused-ring (bicyclic) bond motifs is 1. The molecular weight excluding hydrogens is 310 g/mol. The quantitative estimate of drug-likeness (QED) is 0.415. The summed E-state index contributed by atoms with van der Waals surface area (Å²) in [6, 6.07) is 7.25. The predicted molar refractivity (Wildman–Crippen MR) is 87.9 cm³/mol. The molecule has 0 saturated carbocycles. The second-order valence-electron chi connectivity index (χ2n) is 5.55. The summed E-state index contributed by atoms with van der Waals surface area (Å²) in [6.07, 6.45) is 1.98. The molecule has 1 aromatic carbocycles. The summed E-state index contributed by atoms with van der Waals surface area (Å²) in [7, 11) is 0. The number of carbonyl (C=O) groups is 3. The highest BCUT2D eigenvalue weighted by atomic mass is 16.6. The Morgan fingerprint density at radius 1 is 1.25 bits per heavy atom. The van der Waals surface area contributed by atoms with Crippen molar-refractivity contribution in [2.75, 3.05) is 6.61 Å². The van der Waals surface area contributed by atoms with Gasteiger partial charge in [-0.1, -0.05) is 36.7 Å². The average Bonchev–Trinajstić information content (AvgIpc) is 2.60. The largest absolute Gasteiger partial charge is 0.460 e. The summed E-state index contributed by atoms with van der Waals surface area (Å²) in [5.41, 5.74) is 1.08. The summed E-state index contributed by atoms with van der Waals surface area (Å²) in [5.74, 6) is -2.85. The molecule has 0 bridgehead atoms. The van der Waals surface area contributed by atoms with E-state index in [1.54, 1.807) is 13.0 Å². The molecule has 0 amide bonds. The summed E-state index contributed by atoms with van der Waals surface area (Å²) < 4.78 is 4.76. The van der Waals surface area contributed by atoms with Crippen LogP contribution < -0.4 is 4.84 Å². The summed E-state index contributed by atoms with van der Waals surface area (Å²) >= 11 is 0. The third kappa shape index (κ3) is 4.07. The molecule has 1 aromatic rings. The van der Waals surface area contributed by atoms with Crippen LogP contribution in [0.2, 0.25) is 0 Å². The van der Waals surface area contributed by atoms with Gasteiger partial charge in [-0.2, -0.15) is 0 Å². The Kier molecular flexibility index (Phi) is 6.23. The Labute approximate surface area is 140 Å². The number of Topliss-reactive ketones (excluding diaryl/α,β-unsaturated/α-hetero) is 2. The van der Waals surface area contributed by atoms with E-state index in [0.717, 1.165) is 12.0 Å². The second-order valence-corrected chi connectivity index (χ2v) is 5.55. The first kappa shape index (κ1) is 17.8. The van der Waals surface area contributed by atoms with Crippen molar-refractivity contribution < 1.29 is 24.0 Å². The molecule has 0 spiro atoms. The van der Waals surface area contributed by atoms with E-state index < -0.39 is 17.7 Å². The lowest BCUT2D eigenvalue weighted by molar-refractivity contribution is -0.155. The highest BCUT2D eigenvalue weighted by molar-refractivity contribution is 6.44. The van der Waals surface area contributed by atoms with E-state index in [1.165, 1.54) is 0 Å². The van der Waals surface area contributed by atoms with E-state index in [9.17, 15) is 14.4 Å². The minimum atomic E-state index is -1.23. The molecule has 0 fully saturated rings. The predicted octanol–water partition coefficient (Wildman–Crippen LogP) is 2.49. The van der Waals surface area contributed by atoms with Gasteiger partial charge in [0.1, 0.15) is 11.7 Å². The summed E-state index contributed by atoms with van der Waals surface area (Å²) in [5, 5.41) is 3.93. The van der Waals surface area contributed by atoms with Crippen LogP contribution in [0.5, 0.6) is 5.75 Å². The smallest absolute Gasteiger partial charge is 0.375 e. The van der Waals surface area contributed by atoms with E-state index in [4.69, 9.17) is 9.57 Å². The van der Waals surface area contributed by atoms with Crippen LogP contribution in [0.25, 0.3) is 0 Å². The average molecular weight is 331 g/mol. The molecule has 1 heterocycles. The molecule has 1 unspecified atom stereocenters. The van der Waals surface area contributed by atoms with Crippen LogP contribution in [0.4, 0.5) is 0 Å². The number of para-hydroxylation sites is 1. The lowest BCUT2D eigenvalue weighted by Crippen LogP contribution is -2.39. The second kappa shape index (κ2) is 8.38. The van der Waals surface area contributed by atoms with E-state index in [-0.39, 0.29) is 24.5 Å². The van der Waals surface area contributed by atoms with Crippen LogP contribution in [0.1, 0.15) is 38.7 Å². The Bertz CT molecular complexity index is 665. The van der Waals surface area contributed by atoms with Gasteiger partial charge in [-0.05, 0) is 19.4 Å². The molecule has 1 atom stereocenters. The molecule has 24 heavy (non-hydrogen) atoms. The van der Waals surface area contributed by atoms with Crippen molar-refractivity contribution in [1.29, 1.82) is 0 Å². The molecule has 0 radical (unpaired) electrons. The number of benzene rings is 1. The van der Waals surface area contributed by atoms with Gasteiger partial charge in [0.2, 0.25) is 0 Å². The van der Waals surface area contributed by atoms with Crippen LogP contribution in [0.15, 0.2) is 29.4 Å². The maximum absolute atomic E-state index is 12.5. The Morgan fingerprint density at radius 2 is 2.00 bits per heavy atom. The van der Waals surface area contributed by atoms with Gasteiger partial charge in [0.05, 0.1) is 12.3 Å². The fourth-order valence-electron chi connectivity index (χ4n) is 2.53. The van der Waals surface area contributed by atoms with Crippen molar-refractivity contribution in [3.63, 3.8) is 0 Å². The first-order valence-corrected chi connectivity index (χ1v) is 8.13. The zero-order valence-electron chi connectivity index (χ0n) is 13.9. The van der Waals surface area contributed by atoms with Crippen LogP contribution in [-0.2, 0) is 25.5 Å². The number of esters is 1. The molecule has 0 saturated heterocycles. The van der Waals surface area contributed by atoms with Crippen molar-refractivity contribution >= 4 is 23.2 Å². The van der Waals surface area contributed by atoms with Crippen molar-refractivity contribution in [3.8, 4) is 5.75 Å². The highest BCUT2D eigenvalue weighted by Crippen LogP contribution is 2.26. The SMILES string of the molecule is CCCCC(=O)C(C(=O)C(=O)OCC)C1=NOc2ccccc2C1. The van der Waals surface area contributed by atoms with Crippen molar-refractivity contribution in [2.24, 2.45) is 11.1 Å². The van der Waals surface area contributed by atoms with E-state index in [1.807, 2.05) is 25.1 Å². The third-order valence-electron chi connectivity index (χ3n) is 3.78. The van der Waals surface area contributed by atoms with Crippen LogP contribution in [-0.4, -0.2) is 29.9 Å². The monoisotopic (exact) mass is 331 g/mol. The summed E-state index contributed by atoms with van der Waals surface area (Å²) in [4.78, 5) is 42.0. The van der Waals surface area contributed by atoms with Gasteiger partial charge < -0.3 is 9.57 Å². The number of ketones is 2. The van der Waals surface area contributed by atoms with Crippen LogP contribution in [0, 0.1) is 5.92 Å². The molecule has 0 aliphatic carbocycles. The number of rotatable bonds is 8. The molecule has 1 aliphatic rings. The first-order valence-electron chi connectivity index (χ1n) is 8.13. The molecule has 2 rings (SSSR count). The number of oxime groups is 1. The topological polar surface area (TPSA) is 82.0 Å². The van der Waals surface area contributed by atoms with Gasteiger partial charge in [-0.15, -0.1) is 0 Å². The zero-order chi connectivity index (χ0) is 17.5. The van der Waals surface area contributed by atoms with Gasteiger partial charge >= 0.3 is 5.97 Å². The van der Waals surface area contributed by atoms with Crippen molar-refractivity contribution in [3.05, 3.63) is 29.8 Å². The lowest BCUT2D eigenvalue weighted by atomic mass is 9.87. The van der Waals surface area contributed by atoms with Gasteiger partial charge in [-0.25, -0.2) is 4.79 Å².